The first-order valence-electron chi connectivity index (χ1n) is 5.84. The van der Waals surface area contributed by atoms with Gasteiger partial charge in [-0.05, 0) is 47.5 Å². The summed E-state index contributed by atoms with van der Waals surface area (Å²) in [5, 5.41) is 13.0. The van der Waals surface area contributed by atoms with E-state index < -0.39 is 0 Å². The molecule has 4 N–H and O–H groups in total. The van der Waals surface area contributed by atoms with Gasteiger partial charge in [0.15, 0.2) is 11.5 Å². The third-order valence-corrected chi connectivity index (χ3v) is 3.30. The number of primary amides is 1. The predicted molar refractivity (Wildman–Crippen MR) is 77.1 cm³/mol. The summed E-state index contributed by atoms with van der Waals surface area (Å²) in [4.78, 5) is 10.9. The Balaban J connectivity index is 2.78. The predicted octanol–water partition coefficient (Wildman–Crippen LogP) is 1.91. The van der Waals surface area contributed by atoms with Gasteiger partial charge in [0, 0.05) is 18.5 Å². The van der Waals surface area contributed by atoms with E-state index in [2.05, 4.69) is 21.2 Å². The van der Waals surface area contributed by atoms with E-state index in [0.717, 1.165) is 5.56 Å². The fourth-order valence-electron chi connectivity index (χ4n) is 1.72. The molecule has 0 radical (unpaired) electrons. The molecule has 0 saturated heterocycles. The zero-order valence-corrected chi connectivity index (χ0v) is 12.9. The monoisotopic (exact) mass is 330 g/mol. The Bertz CT molecular complexity index is 475. The molecule has 0 fully saturated rings. The number of aromatic hydroxyl groups is 1. The van der Waals surface area contributed by atoms with Gasteiger partial charge in [0.1, 0.15) is 0 Å². The van der Waals surface area contributed by atoms with Crippen molar-refractivity contribution in [3.8, 4) is 11.5 Å². The summed E-state index contributed by atoms with van der Waals surface area (Å²) in [5.41, 5.74) is 5.74. The lowest BCUT2D eigenvalue weighted by Gasteiger charge is -2.25. The maximum absolute atomic E-state index is 10.9. The van der Waals surface area contributed by atoms with E-state index in [1.54, 1.807) is 12.1 Å². The first kappa shape index (κ1) is 15.8. The molecule has 0 unspecified atom stereocenters. The topological polar surface area (TPSA) is 84.6 Å². The van der Waals surface area contributed by atoms with E-state index in [4.69, 9.17) is 10.5 Å². The molecule has 0 spiro atoms. The van der Waals surface area contributed by atoms with Gasteiger partial charge in [-0.25, -0.2) is 0 Å². The zero-order valence-electron chi connectivity index (χ0n) is 11.3. The van der Waals surface area contributed by atoms with Gasteiger partial charge in [0.25, 0.3) is 0 Å². The molecule has 1 rings (SSSR count). The number of amides is 1. The number of rotatable bonds is 6. The number of ether oxygens (including phenoxy) is 1. The first-order chi connectivity index (χ1) is 8.75. The van der Waals surface area contributed by atoms with Crippen LogP contribution in [0.2, 0.25) is 0 Å². The third kappa shape index (κ3) is 4.72. The fraction of sp³-hybridized carbons (Fsp3) is 0.462. The molecule has 106 valence electrons. The number of hydrogen-bond donors (Lipinski definition) is 3. The lowest BCUT2D eigenvalue weighted by atomic mass is 10.00. The van der Waals surface area contributed by atoms with E-state index in [9.17, 15) is 9.90 Å². The molecule has 0 atom stereocenters. The highest BCUT2D eigenvalue weighted by Gasteiger charge is 2.20. The molecule has 1 aromatic rings. The number of hydrogen-bond acceptors (Lipinski definition) is 4. The molecule has 0 aliphatic heterocycles. The minimum Gasteiger partial charge on any atom is -0.503 e. The fourth-order valence-corrected chi connectivity index (χ4v) is 2.21. The van der Waals surface area contributed by atoms with Crippen molar-refractivity contribution in [3.05, 3.63) is 22.2 Å². The van der Waals surface area contributed by atoms with Crippen molar-refractivity contribution in [3.63, 3.8) is 0 Å². The number of phenolic OH excluding ortho intramolecular Hbond substituents is 1. The van der Waals surface area contributed by atoms with E-state index in [1.807, 2.05) is 13.8 Å². The van der Waals surface area contributed by atoms with Crippen LogP contribution >= 0.6 is 15.9 Å². The van der Waals surface area contributed by atoms with Gasteiger partial charge in [-0.1, -0.05) is 0 Å². The van der Waals surface area contributed by atoms with Gasteiger partial charge in [0.05, 0.1) is 11.6 Å². The number of carbonyl (C=O) groups excluding carboxylic acids is 1. The van der Waals surface area contributed by atoms with Gasteiger partial charge in [-0.15, -0.1) is 0 Å². The van der Waals surface area contributed by atoms with Crippen molar-refractivity contribution in [1.82, 2.24) is 5.32 Å². The molecular formula is C13H19BrN2O3. The van der Waals surface area contributed by atoms with Crippen molar-refractivity contribution in [2.24, 2.45) is 5.73 Å². The van der Waals surface area contributed by atoms with Crippen LogP contribution in [-0.2, 0) is 11.3 Å². The minimum absolute atomic E-state index is 0.0719. The van der Waals surface area contributed by atoms with E-state index >= 15 is 0 Å². The summed E-state index contributed by atoms with van der Waals surface area (Å²) in [6.07, 6.45) is 0.253. The molecule has 19 heavy (non-hydrogen) atoms. The second-order valence-corrected chi connectivity index (χ2v) is 5.86. The SMILES string of the molecule is COc1cc(CNC(C)(C)CC(N)=O)cc(Br)c1O. The van der Waals surface area contributed by atoms with Crippen LogP contribution in [-0.4, -0.2) is 23.7 Å². The number of nitrogens with two attached hydrogens (primary N) is 1. The lowest BCUT2D eigenvalue weighted by Crippen LogP contribution is -2.42. The van der Waals surface area contributed by atoms with E-state index in [1.165, 1.54) is 7.11 Å². The van der Waals surface area contributed by atoms with Crippen LogP contribution in [0.25, 0.3) is 0 Å². The second-order valence-electron chi connectivity index (χ2n) is 5.01. The molecule has 0 aliphatic rings. The molecule has 6 heteroatoms. The Morgan fingerprint density at radius 2 is 2.16 bits per heavy atom. The van der Waals surface area contributed by atoms with Crippen LogP contribution in [0.15, 0.2) is 16.6 Å². The quantitative estimate of drug-likeness (QED) is 0.743. The van der Waals surface area contributed by atoms with Gasteiger partial charge in [-0.3, -0.25) is 4.79 Å². The Morgan fingerprint density at radius 3 is 2.68 bits per heavy atom. The smallest absolute Gasteiger partial charge is 0.219 e. The normalized spacial score (nSPS) is 11.4. The summed E-state index contributed by atoms with van der Waals surface area (Å²) in [6.45, 7) is 4.35. The number of carbonyl (C=O) groups is 1. The molecule has 0 bridgehead atoms. The molecule has 1 aromatic carbocycles. The zero-order chi connectivity index (χ0) is 14.6. The molecular weight excluding hydrogens is 312 g/mol. The molecule has 0 aliphatic carbocycles. The summed E-state index contributed by atoms with van der Waals surface area (Å²) >= 11 is 3.27. The average Bonchev–Trinajstić information content (AvgIpc) is 2.29. The van der Waals surface area contributed by atoms with E-state index in [0.29, 0.717) is 16.8 Å². The Labute approximate surface area is 121 Å². The number of methoxy groups -OCH3 is 1. The number of halogens is 1. The summed E-state index contributed by atoms with van der Waals surface area (Å²) in [6, 6.07) is 3.54. The Morgan fingerprint density at radius 1 is 1.53 bits per heavy atom. The first-order valence-corrected chi connectivity index (χ1v) is 6.63. The maximum Gasteiger partial charge on any atom is 0.219 e. The highest BCUT2D eigenvalue weighted by atomic mass is 79.9. The third-order valence-electron chi connectivity index (χ3n) is 2.70. The standard InChI is InChI=1S/C13H19BrN2O3/c1-13(2,6-11(15)17)16-7-8-4-9(14)12(18)10(5-8)19-3/h4-5,16,18H,6-7H2,1-3H3,(H2,15,17). The number of phenols is 1. The van der Waals surface area contributed by atoms with Crippen LogP contribution in [0, 0.1) is 0 Å². The van der Waals surface area contributed by atoms with Crippen LogP contribution in [0.4, 0.5) is 0 Å². The Hall–Kier alpha value is -1.27. The van der Waals surface area contributed by atoms with Gasteiger partial charge >= 0.3 is 0 Å². The van der Waals surface area contributed by atoms with Crippen molar-refractivity contribution >= 4 is 21.8 Å². The number of benzene rings is 1. The lowest BCUT2D eigenvalue weighted by molar-refractivity contribution is -0.119. The molecule has 0 saturated carbocycles. The average molecular weight is 331 g/mol. The summed E-state index contributed by atoms with van der Waals surface area (Å²) in [5.74, 6) is 0.128. The van der Waals surface area contributed by atoms with Crippen molar-refractivity contribution in [2.75, 3.05) is 7.11 Å². The van der Waals surface area contributed by atoms with E-state index in [-0.39, 0.29) is 23.6 Å². The van der Waals surface area contributed by atoms with Gasteiger partial charge in [0.2, 0.25) is 5.91 Å². The van der Waals surface area contributed by atoms with Gasteiger partial charge in [-0.2, -0.15) is 0 Å². The van der Waals surface area contributed by atoms with Crippen molar-refractivity contribution < 1.29 is 14.6 Å². The van der Waals surface area contributed by atoms with Crippen molar-refractivity contribution in [2.45, 2.75) is 32.4 Å². The number of nitrogens with one attached hydrogen (secondary N) is 1. The van der Waals surface area contributed by atoms with Crippen molar-refractivity contribution in [1.29, 1.82) is 0 Å². The second kappa shape index (κ2) is 6.25. The molecule has 0 aromatic heterocycles. The molecule has 1 amide bonds. The van der Waals surface area contributed by atoms with Crippen LogP contribution in [0.5, 0.6) is 11.5 Å². The van der Waals surface area contributed by atoms with Crippen LogP contribution in [0.3, 0.4) is 0 Å². The van der Waals surface area contributed by atoms with Crippen LogP contribution < -0.4 is 15.8 Å². The minimum atomic E-state index is -0.385. The summed E-state index contributed by atoms with van der Waals surface area (Å²) in [7, 11) is 1.50. The van der Waals surface area contributed by atoms with Gasteiger partial charge < -0.3 is 20.9 Å². The largest absolute Gasteiger partial charge is 0.503 e. The highest BCUT2D eigenvalue weighted by Crippen LogP contribution is 2.35. The molecule has 0 heterocycles. The summed E-state index contributed by atoms with van der Waals surface area (Å²) < 4.78 is 5.65. The van der Waals surface area contributed by atoms with Crippen LogP contribution in [0.1, 0.15) is 25.8 Å². The Kier molecular flexibility index (Phi) is 5.20. The maximum atomic E-state index is 10.9. The molecule has 5 nitrogen and oxygen atoms in total. The highest BCUT2D eigenvalue weighted by molar-refractivity contribution is 9.10.